The molecule has 0 aliphatic rings. The Balaban J connectivity index is 0. The monoisotopic (exact) mass is 175 g/mol. The lowest BCUT2D eigenvalue weighted by Gasteiger charge is -2.13. The van der Waals surface area contributed by atoms with Crippen molar-refractivity contribution in [2.24, 2.45) is 0 Å². The van der Waals surface area contributed by atoms with Crippen LogP contribution in [0.15, 0.2) is 0 Å². The van der Waals surface area contributed by atoms with E-state index >= 15 is 0 Å². The minimum atomic E-state index is -0.745. The molecule has 0 aromatic rings. The van der Waals surface area contributed by atoms with E-state index in [1.807, 2.05) is 0 Å². The van der Waals surface area contributed by atoms with E-state index in [-0.39, 0.29) is 6.42 Å². The zero-order valence-electron chi connectivity index (χ0n) is 8.63. The molecule has 3 nitrogen and oxygen atoms in total. The summed E-state index contributed by atoms with van der Waals surface area (Å²) in [5, 5.41) is 7.72. The predicted molar refractivity (Wildman–Crippen MR) is 51.4 cm³/mol. The molecule has 0 unspecified atom stereocenters. The van der Waals surface area contributed by atoms with Gasteiger partial charge in [0.15, 0.2) is 0 Å². The lowest BCUT2D eigenvalue weighted by Crippen LogP contribution is -2.21. The highest BCUT2D eigenvalue weighted by molar-refractivity contribution is 5.66. The number of aliphatic carboxylic acids is 1. The van der Waals surface area contributed by atoms with Gasteiger partial charge in [-0.2, -0.15) is 0 Å². The molecular formula is C9H21NO2. The van der Waals surface area contributed by atoms with Gasteiger partial charge in [0.2, 0.25) is 0 Å². The molecule has 0 atom stereocenters. The molecule has 0 aromatic carbocycles. The molecule has 74 valence electrons. The summed E-state index contributed by atoms with van der Waals surface area (Å²) in [6, 6.07) is 0. The molecule has 0 heterocycles. The van der Waals surface area contributed by atoms with Crippen LogP contribution in [0.2, 0.25) is 0 Å². The van der Waals surface area contributed by atoms with Gasteiger partial charge in [0, 0.05) is 6.42 Å². The average Bonchev–Trinajstić information content (AvgIpc) is 2.09. The third-order valence-corrected chi connectivity index (χ3v) is 1.64. The summed E-state index contributed by atoms with van der Waals surface area (Å²) in [6.45, 7) is 11.7. The number of hydrogen-bond acceptors (Lipinski definition) is 2. The number of hydrogen-bond donors (Lipinski definition) is 1. The predicted octanol–water partition coefficient (Wildman–Crippen LogP) is 1.83. The smallest absolute Gasteiger partial charge is 0.303 e. The summed E-state index contributed by atoms with van der Waals surface area (Å²) in [7, 11) is 0. The van der Waals surface area contributed by atoms with Crippen molar-refractivity contribution in [2.45, 2.75) is 34.1 Å². The maximum Gasteiger partial charge on any atom is 0.303 e. The third-order valence-electron chi connectivity index (χ3n) is 1.64. The van der Waals surface area contributed by atoms with Crippen LogP contribution >= 0.6 is 0 Å². The van der Waals surface area contributed by atoms with E-state index in [1.165, 1.54) is 19.6 Å². The first-order chi connectivity index (χ1) is 5.62. The van der Waals surface area contributed by atoms with Gasteiger partial charge in [-0.1, -0.05) is 27.7 Å². The molecule has 0 rings (SSSR count). The fraction of sp³-hybridized carbons (Fsp3) is 0.889. The number of carboxylic acid groups (broad SMARTS) is 1. The quantitative estimate of drug-likeness (QED) is 0.708. The van der Waals surface area contributed by atoms with E-state index in [9.17, 15) is 4.79 Å². The molecule has 12 heavy (non-hydrogen) atoms. The molecule has 0 radical (unpaired) electrons. The summed E-state index contributed by atoms with van der Waals surface area (Å²) < 4.78 is 0. The Morgan fingerprint density at radius 1 is 1.08 bits per heavy atom. The van der Waals surface area contributed by atoms with Crippen LogP contribution in [0.3, 0.4) is 0 Å². The molecule has 1 N–H and O–H groups in total. The van der Waals surface area contributed by atoms with Crippen LogP contribution in [0, 0.1) is 0 Å². The molecule has 3 heteroatoms. The minimum Gasteiger partial charge on any atom is -0.481 e. The Bertz CT molecular complexity index is 95.2. The molecule has 0 saturated carbocycles. The van der Waals surface area contributed by atoms with Crippen LogP contribution in [0.4, 0.5) is 0 Å². The first kappa shape index (κ1) is 14.0. The first-order valence-electron chi connectivity index (χ1n) is 4.56. The van der Waals surface area contributed by atoms with E-state index in [2.05, 4.69) is 25.7 Å². The van der Waals surface area contributed by atoms with Crippen molar-refractivity contribution in [3.8, 4) is 0 Å². The van der Waals surface area contributed by atoms with E-state index in [4.69, 9.17) is 5.11 Å². The molecule has 0 aromatic heterocycles. The summed E-state index contributed by atoms with van der Waals surface area (Å²) in [5.41, 5.74) is 0. The lowest BCUT2D eigenvalue weighted by atomic mass is 10.5. The highest BCUT2D eigenvalue weighted by Crippen LogP contribution is 1.81. The summed E-state index contributed by atoms with van der Waals surface area (Å²) in [6.07, 6.45) is 0.222. The SMILES string of the molecule is CCC(=O)O.CCN(CC)CC. The fourth-order valence-electron chi connectivity index (χ4n) is 0.671. The standard InChI is InChI=1S/C6H15N.C3H6O2/c1-4-7(5-2)6-3;1-2-3(4)5/h4-6H2,1-3H3;2H2,1H3,(H,4,5). The Labute approximate surface area is 75.4 Å². The maximum absolute atomic E-state index is 9.37. The molecule has 0 bridgehead atoms. The van der Waals surface area contributed by atoms with Crippen molar-refractivity contribution < 1.29 is 9.90 Å². The molecule has 0 aliphatic heterocycles. The van der Waals surface area contributed by atoms with Crippen LogP contribution < -0.4 is 0 Å². The maximum atomic E-state index is 9.37. The second kappa shape index (κ2) is 10.4. The Hall–Kier alpha value is -0.570. The van der Waals surface area contributed by atoms with Gasteiger partial charge in [0.1, 0.15) is 0 Å². The molecule has 0 amide bonds. The van der Waals surface area contributed by atoms with Crippen LogP contribution in [0.5, 0.6) is 0 Å². The van der Waals surface area contributed by atoms with Crippen LogP contribution in [0.1, 0.15) is 34.1 Å². The van der Waals surface area contributed by atoms with Crippen LogP contribution in [-0.4, -0.2) is 35.6 Å². The normalized spacial score (nSPS) is 9.08. The summed E-state index contributed by atoms with van der Waals surface area (Å²) in [5.74, 6) is -0.745. The number of carboxylic acids is 1. The summed E-state index contributed by atoms with van der Waals surface area (Å²) >= 11 is 0. The highest BCUT2D eigenvalue weighted by Gasteiger charge is 1.89. The van der Waals surface area contributed by atoms with Crippen molar-refractivity contribution in [3.63, 3.8) is 0 Å². The number of nitrogens with zero attached hydrogens (tertiary/aromatic N) is 1. The number of carbonyl (C=O) groups is 1. The zero-order chi connectivity index (χ0) is 9.98. The Kier molecular flexibility index (Phi) is 12.2. The van der Waals surface area contributed by atoms with Gasteiger partial charge in [-0.3, -0.25) is 4.79 Å². The molecule has 0 saturated heterocycles. The second-order valence-corrected chi connectivity index (χ2v) is 2.37. The van der Waals surface area contributed by atoms with Crippen molar-refractivity contribution in [1.82, 2.24) is 4.90 Å². The molecule has 0 aliphatic carbocycles. The molecule has 0 spiro atoms. The van der Waals surface area contributed by atoms with Gasteiger partial charge in [0.25, 0.3) is 0 Å². The van der Waals surface area contributed by atoms with Gasteiger partial charge in [-0.15, -0.1) is 0 Å². The highest BCUT2D eigenvalue weighted by atomic mass is 16.4. The van der Waals surface area contributed by atoms with Crippen molar-refractivity contribution in [2.75, 3.05) is 19.6 Å². The minimum absolute atomic E-state index is 0.222. The van der Waals surface area contributed by atoms with Crippen LogP contribution in [0.25, 0.3) is 0 Å². The largest absolute Gasteiger partial charge is 0.481 e. The van der Waals surface area contributed by atoms with Gasteiger partial charge in [-0.25, -0.2) is 0 Å². The Morgan fingerprint density at radius 3 is 1.33 bits per heavy atom. The third kappa shape index (κ3) is 12.1. The fourth-order valence-corrected chi connectivity index (χ4v) is 0.671. The second-order valence-electron chi connectivity index (χ2n) is 2.37. The van der Waals surface area contributed by atoms with Gasteiger partial charge < -0.3 is 10.0 Å². The van der Waals surface area contributed by atoms with Gasteiger partial charge in [0.05, 0.1) is 0 Å². The molecule has 0 fully saturated rings. The molecular weight excluding hydrogens is 154 g/mol. The number of rotatable bonds is 4. The van der Waals surface area contributed by atoms with Crippen LogP contribution in [-0.2, 0) is 4.79 Å². The lowest BCUT2D eigenvalue weighted by molar-refractivity contribution is -0.136. The van der Waals surface area contributed by atoms with E-state index in [1.54, 1.807) is 6.92 Å². The first-order valence-corrected chi connectivity index (χ1v) is 4.56. The van der Waals surface area contributed by atoms with Gasteiger partial charge >= 0.3 is 5.97 Å². The van der Waals surface area contributed by atoms with Crippen molar-refractivity contribution in [3.05, 3.63) is 0 Å². The summed E-state index contributed by atoms with van der Waals surface area (Å²) in [4.78, 5) is 11.7. The zero-order valence-corrected chi connectivity index (χ0v) is 8.63. The van der Waals surface area contributed by atoms with E-state index in [0.29, 0.717) is 0 Å². The average molecular weight is 175 g/mol. The van der Waals surface area contributed by atoms with Crippen molar-refractivity contribution >= 4 is 5.97 Å². The van der Waals surface area contributed by atoms with Gasteiger partial charge in [-0.05, 0) is 19.6 Å². The van der Waals surface area contributed by atoms with E-state index < -0.39 is 5.97 Å². The van der Waals surface area contributed by atoms with E-state index in [0.717, 1.165) is 0 Å². The topological polar surface area (TPSA) is 40.5 Å². The Morgan fingerprint density at radius 2 is 1.33 bits per heavy atom. The van der Waals surface area contributed by atoms with Crippen molar-refractivity contribution in [1.29, 1.82) is 0 Å².